The van der Waals surface area contributed by atoms with Crippen LogP contribution in [0.3, 0.4) is 0 Å². The number of fused-ring (bicyclic) bond motifs is 1. The molecule has 176 valence electrons. The largest absolute Gasteiger partial charge is 0.497 e. The summed E-state index contributed by atoms with van der Waals surface area (Å²) < 4.78 is 12.6. The molecule has 0 unspecified atom stereocenters. The van der Waals surface area contributed by atoms with E-state index in [1.54, 1.807) is 20.3 Å². The zero-order valence-electron chi connectivity index (χ0n) is 19.2. The fourth-order valence-electron chi connectivity index (χ4n) is 3.80. The van der Waals surface area contributed by atoms with Crippen LogP contribution in [0.15, 0.2) is 84.1 Å². The fraction of sp³-hybridized carbons (Fsp3) is 0.115. The van der Waals surface area contributed by atoms with Crippen LogP contribution >= 0.6 is 11.8 Å². The average molecular weight is 486 g/mol. The van der Waals surface area contributed by atoms with Gasteiger partial charge in [-0.2, -0.15) is 0 Å². The molecule has 0 fully saturated rings. The highest BCUT2D eigenvalue weighted by Crippen LogP contribution is 2.33. The van der Waals surface area contributed by atoms with E-state index in [-0.39, 0.29) is 11.7 Å². The maximum absolute atomic E-state index is 12.7. The maximum atomic E-state index is 12.7. The number of amides is 1. The van der Waals surface area contributed by atoms with Crippen LogP contribution in [0.2, 0.25) is 0 Å². The Bertz CT molecular complexity index is 1490. The first-order chi connectivity index (χ1) is 17.2. The van der Waals surface area contributed by atoms with Gasteiger partial charge in [0.1, 0.15) is 11.5 Å². The van der Waals surface area contributed by atoms with Crippen molar-refractivity contribution in [2.45, 2.75) is 5.16 Å². The fourth-order valence-corrected chi connectivity index (χ4v) is 4.56. The minimum absolute atomic E-state index is 0.155. The van der Waals surface area contributed by atoms with E-state index in [0.29, 0.717) is 28.2 Å². The normalized spacial score (nSPS) is 10.9. The van der Waals surface area contributed by atoms with E-state index >= 15 is 0 Å². The van der Waals surface area contributed by atoms with Crippen molar-refractivity contribution in [3.8, 4) is 28.6 Å². The number of hydrogen-bond donors (Lipinski definition) is 2. The predicted octanol–water partition coefficient (Wildman–Crippen LogP) is 5.16. The van der Waals surface area contributed by atoms with Gasteiger partial charge in [0.15, 0.2) is 11.0 Å². The average Bonchev–Trinajstić information content (AvgIpc) is 3.51. The lowest BCUT2D eigenvalue weighted by molar-refractivity contribution is -0.113. The van der Waals surface area contributed by atoms with Gasteiger partial charge in [0.2, 0.25) is 5.91 Å². The van der Waals surface area contributed by atoms with Crippen molar-refractivity contribution in [3.05, 3.63) is 79.0 Å². The number of aromatic amines is 1. The van der Waals surface area contributed by atoms with Crippen molar-refractivity contribution in [2.75, 3.05) is 25.3 Å². The number of nitrogens with one attached hydrogen (secondary N) is 2. The van der Waals surface area contributed by atoms with Gasteiger partial charge in [0.05, 0.1) is 25.7 Å². The van der Waals surface area contributed by atoms with Crippen LogP contribution in [-0.2, 0) is 4.79 Å². The summed E-state index contributed by atoms with van der Waals surface area (Å²) in [4.78, 5) is 16.0. The molecule has 0 spiro atoms. The van der Waals surface area contributed by atoms with Crippen molar-refractivity contribution in [3.63, 3.8) is 0 Å². The zero-order chi connectivity index (χ0) is 24.2. The number of carbonyl (C=O) groups is 1. The first kappa shape index (κ1) is 22.5. The van der Waals surface area contributed by atoms with Crippen molar-refractivity contribution < 1.29 is 14.3 Å². The number of aromatic nitrogens is 4. The summed E-state index contributed by atoms with van der Waals surface area (Å²) in [5, 5.41) is 13.5. The SMILES string of the molecule is COc1cccc(NC(=O)CSc2nnc(-c3c[nH]c4ccccc34)n2-c2cccc(OC)c2)c1. The number of anilines is 1. The van der Waals surface area contributed by atoms with Crippen LogP contribution < -0.4 is 14.8 Å². The number of hydrogen-bond acceptors (Lipinski definition) is 6. The lowest BCUT2D eigenvalue weighted by Gasteiger charge is -2.11. The monoisotopic (exact) mass is 485 g/mol. The first-order valence-electron chi connectivity index (χ1n) is 10.9. The number of nitrogens with zero attached hydrogens (tertiary/aromatic N) is 3. The Balaban J connectivity index is 1.47. The molecular formula is C26H23N5O3S. The van der Waals surface area contributed by atoms with Crippen LogP contribution in [0.4, 0.5) is 5.69 Å². The van der Waals surface area contributed by atoms with Gasteiger partial charge < -0.3 is 19.8 Å². The molecule has 0 aliphatic rings. The molecule has 0 atom stereocenters. The van der Waals surface area contributed by atoms with Crippen LogP contribution in [0.5, 0.6) is 11.5 Å². The Hall–Kier alpha value is -4.24. The molecule has 0 radical (unpaired) electrons. The summed E-state index contributed by atoms with van der Waals surface area (Å²) in [6.07, 6.45) is 1.93. The quantitative estimate of drug-likeness (QED) is 0.295. The van der Waals surface area contributed by atoms with E-state index in [1.807, 2.05) is 77.5 Å². The Labute approximate surface area is 206 Å². The third-order valence-electron chi connectivity index (χ3n) is 5.46. The number of methoxy groups -OCH3 is 2. The molecule has 5 aromatic rings. The molecule has 5 rings (SSSR count). The lowest BCUT2D eigenvalue weighted by Crippen LogP contribution is -2.14. The minimum atomic E-state index is -0.155. The van der Waals surface area contributed by atoms with Crippen LogP contribution in [0, 0.1) is 0 Å². The molecule has 2 N–H and O–H groups in total. The number of rotatable bonds is 8. The van der Waals surface area contributed by atoms with Gasteiger partial charge in [-0.05, 0) is 30.3 Å². The molecule has 0 saturated carbocycles. The van der Waals surface area contributed by atoms with Crippen molar-refractivity contribution in [2.24, 2.45) is 0 Å². The van der Waals surface area contributed by atoms with Crippen LogP contribution in [-0.4, -0.2) is 45.6 Å². The molecule has 3 aromatic carbocycles. The minimum Gasteiger partial charge on any atom is -0.497 e. The van der Waals surface area contributed by atoms with Gasteiger partial charge in [-0.1, -0.05) is 42.1 Å². The summed E-state index contributed by atoms with van der Waals surface area (Å²) >= 11 is 1.31. The predicted molar refractivity (Wildman–Crippen MR) is 138 cm³/mol. The molecular weight excluding hydrogens is 462 g/mol. The van der Waals surface area contributed by atoms with E-state index < -0.39 is 0 Å². The van der Waals surface area contributed by atoms with Crippen molar-refractivity contribution in [1.29, 1.82) is 0 Å². The van der Waals surface area contributed by atoms with Gasteiger partial charge in [0, 0.05) is 40.5 Å². The molecule has 9 heteroatoms. The highest BCUT2D eigenvalue weighted by Gasteiger charge is 2.20. The van der Waals surface area contributed by atoms with Crippen LogP contribution in [0.25, 0.3) is 28.0 Å². The summed E-state index contributed by atoms with van der Waals surface area (Å²) in [6.45, 7) is 0. The second-order valence-corrected chi connectivity index (χ2v) is 8.60. The van der Waals surface area contributed by atoms with E-state index in [4.69, 9.17) is 9.47 Å². The number of para-hydroxylation sites is 1. The molecule has 35 heavy (non-hydrogen) atoms. The van der Waals surface area contributed by atoms with Gasteiger partial charge >= 0.3 is 0 Å². The maximum Gasteiger partial charge on any atom is 0.234 e. The molecule has 0 aliphatic heterocycles. The van der Waals surface area contributed by atoms with E-state index in [0.717, 1.165) is 22.2 Å². The Morgan fingerprint density at radius 3 is 2.57 bits per heavy atom. The molecule has 1 amide bonds. The third-order valence-corrected chi connectivity index (χ3v) is 6.39. The smallest absolute Gasteiger partial charge is 0.234 e. The topological polar surface area (TPSA) is 94.1 Å². The van der Waals surface area contributed by atoms with Gasteiger partial charge in [-0.15, -0.1) is 10.2 Å². The summed E-state index contributed by atoms with van der Waals surface area (Å²) in [5.74, 6) is 2.07. The highest BCUT2D eigenvalue weighted by atomic mass is 32.2. The number of thioether (sulfide) groups is 1. The highest BCUT2D eigenvalue weighted by molar-refractivity contribution is 7.99. The number of H-pyrrole nitrogens is 1. The summed E-state index contributed by atoms with van der Waals surface area (Å²) in [6, 6.07) is 23.0. The molecule has 0 bridgehead atoms. The van der Waals surface area contributed by atoms with Crippen LogP contribution in [0.1, 0.15) is 0 Å². The Morgan fingerprint density at radius 2 is 1.74 bits per heavy atom. The molecule has 2 heterocycles. The van der Waals surface area contributed by atoms with E-state index in [1.165, 1.54) is 11.8 Å². The molecule has 8 nitrogen and oxygen atoms in total. The Kier molecular flexibility index (Phi) is 6.40. The van der Waals surface area contributed by atoms with Gasteiger partial charge in [0.25, 0.3) is 0 Å². The molecule has 0 aliphatic carbocycles. The number of benzene rings is 3. The van der Waals surface area contributed by atoms with E-state index in [2.05, 4.69) is 20.5 Å². The number of carbonyl (C=O) groups excluding carboxylic acids is 1. The van der Waals surface area contributed by atoms with Gasteiger partial charge in [-0.3, -0.25) is 9.36 Å². The zero-order valence-corrected chi connectivity index (χ0v) is 20.0. The number of ether oxygens (including phenoxy) is 2. The van der Waals surface area contributed by atoms with Crippen molar-refractivity contribution in [1.82, 2.24) is 19.7 Å². The van der Waals surface area contributed by atoms with Crippen molar-refractivity contribution >= 4 is 34.3 Å². The van der Waals surface area contributed by atoms with E-state index in [9.17, 15) is 4.79 Å². The molecule has 0 saturated heterocycles. The second-order valence-electron chi connectivity index (χ2n) is 7.66. The standard InChI is InChI=1S/C26H23N5O3S/c1-33-19-9-5-7-17(13-19)28-24(32)16-35-26-30-29-25(22-15-27-23-12-4-3-11-21(22)23)31(26)18-8-6-10-20(14-18)34-2/h3-15,27H,16H2,1-2H3,(H,28,32). The molecule has 2 aromatic heterocycles. The Morgan fingerprint density at radius 1 is 0.971 bits per heavy atom. The lowest BCUT2D eigenvalue weighted by atomic mass is 10.1. The summed E-state index contributed by atoms with van der Waals surface area (Å²) in [5.41, 5.74) is 3.44. The first-order valence-corrected chi connectivity index (χ1v) is 11.9. The van der Waals surface area contributed by atoms with Gasteiger partial charge in [-0.25, -0.2) is 0 Å². The third kappa shape index (κ3) is 4.71. The summed E-state index contributed by atoms with van der Waals surface area (Å²) in [7, 11) is 3.22. The second kappa shape index (κ2) is 9.94.